The summed E-state index contributed by atoms with van der Waals surface area (Å²) in [6, 6.07) is 10.5. The van der Waals surface area contributed by atoms with Gasteiger partial charge in [-0.1, -0.05) is 11.6 Å². The summed E-state index contributed by atoms with van der Waals surface area (Å²) < 4.78 is 23.3. The molecule has 1 N–H and O–H groups in total. The van der Waals surface area contributed by atoms with Crippen molar-refractivity contribution in [2.24, 2.45) is 0 Å². The maximum atomic E-state index is 12.9. The van der Waals surface area contributed by atoms with Crippen LogP contribution in [0.3, 0.4) is 0 Å². The molecule has 2 aromatic carbocycles. The van der Waals surface area contributed by atoms with E-state index in [1.54, 1.807) is 0 Å². The number of carbonyl (C=O) groups excluding carboxylic acids is 2. The average molecular weight is 390 g/mol. The summed E-state index contributed by atoms with van der Waals surface area (Å²) in [5, 5.41) is 3.06. The van der Waals surface area contributed by atoms with E-state index in [0.29, 0.717) is 10.7 Å². The van der Waals surface area contributed by atoms with Crippen LogP contribution < -0.4 is 10.7 Å². The maximum absolute atomic E-state index is 12.9. The SMILES string of the molecule is C[C@@H](OC(=O)c1cc(=O)c2cc(Cl)ccc2o1)C(=O)Nc1ccc(F)cc1. The third kappa shape index (κ3) is 4.32. The fourth-order valence-corrected chi connectivity index (χ4v) is 2.45. The number of anilines is 1. The van der Waals surface area contributed by atoms with Gasteiger partial charge in [0.05, 0.1) is 5.39 Å². The largest absolute Gasteiger partial charge is 0.449 e. The number of halogens is 2. The van der Waals surface area contributed by atoms with E-state index in [4.69, 9.17) is 20.8 Å². The molecule has 0 saturated carbocycles. The normalized spacial score (nSPS) is 11.8. The van der Waals surface area contributed by atoms with Crippen LogP contribution in [0.4, 0.5) is 10.1 Å². The molecule has 138 valence electrons. The average Bonchev–Trinajstić information content (AvgIpc) is 2.63. The van der Waals surface area contributed by atoms with Crippen LogP contribution in [0.25, 0.3) is 11.0 Å². The molecule has 1 atom stereocenters. The van der Waals surface area contributed by atoms with Crippen molar-refractivity contribution in [3.63, 3.8) is 0 Å². The number of hydrogen-bond acceptors (Lipinski definition) is 5. The van der Waals surface area contributed by atoms with Gasteiger partial charge in [0.25, 0.3) is 5.91 Å². The molecular formula is C19H13ClFNO5. The molecule has 6 nitrogen and oxygen atoms in total. The first-order chi connectivity index (χ1) is 12.8. The Kier molecular flexibility index (Phi) is 5.23. The predicted octanol–water partition coefficient (Wildman–Crippen LogP) is 3.77. The highest BCUT2D eigenvalue weighted by atomic mass is 35.5. The van der Waals surface area contributed by atoms with Gasteiger partial charge in [0.15, 0.2) is 11.5 Å². The van der Waals surface area contributed by atoms with Crippen LogP contribution in [-0.2, 0) is 9.53 Å². The van der Waals surface area contributed by atoms with Gasteiger partial charge in [-0.05, 0) is 49.4 Å². The van der Waals surface area contributed by atoms with Crippen molar-refractivity contribution in [3.8, 4) is 0 Å². The molecular weight excluding hydrogens is 377 g/mol. The summed E-state index contributed by atoms with van der Waals surface area (Å²) in [4.78, 5) is 36.4. The van der Waals surface area contributed by atoms with Crippen LogP contribution in [0.2, 0.25) is 5.02 Å². The molecule has 8 heteroatoms. The van der Waals surface area contributed by atoms with Gasteiger partial charge in [0.2, 0.25) is 5.76 Å². The van der Waals surface area contributed by atoms with E-state index < -0.39 is 29.2 Å². The fraction of sp³-hybridized carbons (Fsp3) is 0.105. The van der Waals surface area contributed by atoms with E-state index >= 15 is 0 Å². The molecule has 0 unspecified atom stereocenters. The van der Waals surface area contributed by atoms with Crippen LogP contribution in [0.1, 0.15) is 17.5 Å². The predicted molar refractivity (Wildman–Crippen MR) is 97.4 cm³/mol. The Bertz CT molecular complexity index is 1080. The van der Waals surface area contributed by atoms with Crippen LogP contribution in [-0.4, -0.2) is 18.0 Å². The molecule has 3 rings (SSSR count). The van der Waals surface area contributed by atoms with E-state index in [1.165, 1.54) is 49.4 Å². The van der Waals surface area contributed by atoms with Crippen LogP contribution in [0.5, 0.6) is 0 Å². The minimum absolute atomic E-state index is 0.169. The Labute approximate surface area is 157 Å². The lowest BCUT2D eigenvalue weighted by atomic mass is 10.2. The van der Waals surface area contributed by atoms with Gasteiger partial charge in [-0.3, -0.25) is 9.59 Å². The second-order valence-corrected chi connectivity index (χ2v) is 6.10. The number of carbonyl (C=O) groups is 2. The van der Waals surface area contributed by atoms with Crippen LogP contribution >= 0.6 is 11.6 Å². The number of ether oxygens (including phenoxy) is 1. The number of esters is 1. The number of hydrogen-bond donors (Lipinski definition) is 1. The van der Waals surface area contributed by atoms with Crippen molar-refractivity contribution in [1.82, 2.24) is 0 Å². The van der Waals surface area contributed by atoms with Gasteiger partial charge in [-0.15, -0.1) is 0 Å². The number of amides is 1. The first kappa shape index (κ1) is 18.6. The Morgan fingerprint density at radius 2 is 1.85 bits per heavy atom. The third-order valence-corrected chi connectivity index (χ3v) is 3.89. The molecule has 0 saturated heterocycles. The molecule has 0 fully saturated rings. The van der Waals surface area contributed by atoms with Gasteiger partial charge < -0.3 is 14.5 Å². The van der Waals surface area contributed by atoms with Gasteiger partial charge in [0, 0.05) is 16.8 Å². The second-order valence-electron chi connectivity index (χ2n) is 5.66. The molecule has 0 aliphatic carbocycles. The summed E-state index contributed by atoms with van der Waals surface area (Å²) in [5.74, 6) is -2.37. The van der Waals surface area contributed by atoms with E-state index in [2.05, 4.69) is 5.32 Å². The molecule has 1 heterocycles. The maximum Gasteiger partial charge on any atom is 0.375 e. The summed E-state index contributed by atoms with van der Waals surface area (Å²) >= 11 is 5.83. The van der Waals surface area contributed by atoms with E-state index in [9.17, 15) is 18.8 Å². The molecule has 0 aliphatic rings. The Morgan fingerprint density at radius 1 is 1.15 bits per heavy atom. The third-order valence-electron chi connectivity index (χ3n) is 3.66. The summed E-state index contributed by atoms with van der Waals surface area (Å²) in [6.45, 7) is 1.36. The molecule has 1 amide bonds. The number of nitrogens with one attached hydrogen (secondary N) is 1. The van der Waals surface area contributed by atoms with Gasteiger partial charge in [0.1, 0.15) is 11.4 Å². The first-order valence-electron chi connectivity index (χ1n) is 7.84. The van der Waals surface area contributed by atoms with Crippen molar-refractivity contribution in [2.75, 3.05) is 5.32 Å². The van der Waals surface area contributed by atoms with Crippen LogP contribution in [0, 0.1) is 5.82 Å². The standard InChI is InChI=1S/C19H13ClFNO5/c1-10(18(24)22-13-5-3-12(21)4-6-13)26-19(25)17-9-15(23)14-8-11(20)2-7-16(14)27-17/h2-10H,1H3,(H,22,24)/t10-/m1/s1. The smallest absolute Gasteiger partial charge is 0.375 e. The first-order valence-corrected chi connectivity index (χ1v) is 8.22. The summed E-state index contributed by atoms with van der Waals surface area (Å²) in [6.07, 6.45) is -1.17. The molecule has 1 aromatic heterocycles. The zero-order valence-electron chi connectivity index (χ0n) is 14.0. The Hall–Kier alpha value is -3.19. The van der Waals surface area contributed by atoms with Crippen molar-refractivity contribution >= 4 is 40.1 Å². The van der Waals surface area contributed by atoms with Crippen molar-refractivity contribution in [2.45, 2.75) is 13.0 Å². The zero-order valence-corrected chi connectivity index (χ0v) is 14.7. The molecule has 0 radical (unpaired) electrons. The zero-order chi connectivity index (χ0) is 19.6. The minimum atomic E-state index is -1.17. The lowest BCUT2D eigenvalue weighted by molar-refractivity contribution is -0.123. The quantitative estimate of drug-likeness (QED) is 0.686. The minimum Gasteiger partial charge on any atom is -0.449 e. The highest BCUT2D eigenvalue weighted by Gasteiger charge is 2.21. The Morgan fingerprint density at radius 3 is 2.56 bits per heavy atom. The number of rotatable bonds is 4. The molecule has 3 aromatic rings. The highest BCUT2D eigenvalue weighted by Crippen LogP contribution is 2.18. The van der Waals surface area contributed by atoms with Gasteiger partial charge in [-0.25, -0.2) is 9.18 Å². The fourth-order valence-electron chi connectivity index (χ4n) is 2.28. The molecule has 27 heavy (non-hydrogen) atoms. The van der Waals surface area contributed by atoms with E-state index in [-0.39, 0.29) is 16.7 Å². The lowest BCUT2D eigenvalue weighted by Crippen LogP contribution is -2.30. The molecule has 0 spiro atoms. The lowest BCUT2D eigenvalue weighted by Gasteiger charge is -2.13. The van der Waals surface area contributed by atoms with Crippen molar-refractivity contribution in [3.05, 3.63) is 75.4 Å². The van der Waals surface area contributed by atoms with Crippen LogP contribution in [0.15, 0.2) is 57.7 Å². The number of benzene rings is 2. The van der Waals surface area contributed by atoms with E-state index in [0.717, 1.165) is 6.07 Å². The highest BCUT2D eigenvalue weighted by molar-refractivity contribution is 6.31. The second kappa shape index (κ2) is 7.59. The summed E-state index contributed by atoms with van der Waals surface area (Å²) in [7, 11) is 0. The molecule has 0 bridgehead atoms. The van der Waals surface area contributed by atoms with Crippen molar-refractivity contribution in [1.29, 1.82) is 0 Å². The summed E-state index contributed by atoms with van der Waals surface area (Å²) in [5.41, 5.74) is 0.0507. The monoisotopic (exact) mass is 389 g/mol. The van der Waals surface area contributed by atoms with E-state index in [1.807, 2.05) is 0 Å². The van der Waals surface area contributed by atoms with Crippen molar-refractivity contribution < 1.29 is 23.1 Å². The van der Waals surface area contributed by atoms with Gasteiger partial charge in [-0.2, -0.15) is 0 Å². The topological polar surface area (TPSA) is 85.6 Å². The van der Waals surface area contributed by atoms with Gasteiger partial charge >= 0.3 is 5.97 Å². The Balaban J connectivity index is 1.73. The number of fused-ring (bicyclic) bond motifs is 1. The molecule has 0 aliphatic heterocycles.